The number of hydrogen-bond donors (Lipinski definition) is 1. The fourth-order valence-corrected chi connectivity index (χ4v) is 3.08. The summed E-state index contributed by atoms with van der Waals surface area (Å²) in [5, 5.41) is 9.50. The Morgan fingerprint density at radius 3 is 2.36 bits per heavy atom. The highest BCUT2D eigenvalue weighted by Gasteiger charge is 2.44. The van der Waals surface area contributed by atoms with Crippen molar-refractivity contribution in [1.82, 2.24) is 4.90 Å². The second-order valence-corrected chi connectivity index (χ2v) is 5.82. The maximum Gasteiger partial charge on any atom is 0.320 e. The first-order valence-electron chi connectivity index (χ1n) is 7.78. The van der Waals surface area contributed by atoms with Crippen LogP contribution >= 0.6 is 0 Å². The first kappa shape index (κ1) is 16.7. The van der Waals surface area contributed by atoms with E-state index in [1.807, 2.05) is 0 Å². The number of benzene rings is 2. The van der Waals surface area contributed by atoms with Crippen LogP contribution in [0.5, 0.6) is 5.75 Å². The van der Waals surface area contributed by atoms with E-state index >= 15 is 0 Å². The van der Waals surface area contributed by atoms with Crippen molar-refractivity contribution in [2.75, 3.05) is 7.11 Å². The Morgan fingerprint density at radius 2 is 1.76 bits per heavy atom. The molecule has 2 aromatic carbocycles. The van der Waals surface area contributed by atoms with Crippen molar-refractivity contribution in [3.63, 3.8) is 0 Å². The van der Waals surface area contributed by atoms with Crippen LogP contribution in [0.1, 0.15) is 40.4 Å². The van der Waals surface area contributed by atoms with Gasteiger partial charge >= 0.3 is 5.97 Å². The second kappa shape index (κ2) is 6.39. The van der Waals surface area contributed by atoms with Crippen molar-refractivity contribution in [3.8, 4) is 5.75 Å². The van der Waals surface area contributed by atoms with E-state index in [4.69, 9.17) is 4.74 Å². The lowest BCUT2D eigenvalue weighted by Gasteiger charge is -2.34. The Balaban J connectivity index is 2.05. The molecule has 128 valence electrons. The number of methoxy groups -OCH3 is 1. The summed E-state index contributed by atoms with van der Waals surface area (Å²) in [4.78, 5) is 38.3. The van der Waals surface area contributed by atoms with E-state index in [1.165, 1.54) is 6.07 Å². The van der Waals surface area contributed by atoms with Gasteiger partial charge in [0.1, 0.15) is 5.75 Å². The lowest BCUT2D eigenvalue weighted by Crippen LogP contribution is -2.48. The highest BCUT2D eigenvalue weighted by atomic mass is 16.5. The van der Waals surface area contributed by atoms with Gasteiger partial charge in [-0.25, -0.2) is 0 Å². The van der Waals surface area contributed by atoms with Gasteiger partial charge in [0.25, 0.3) is 5.91 Å². The van der Waals surface area contributed by atoms with E-state index in [0.29, 0.717) is 11.3 Å². The van der Waals surface area contributed by atoms with Crippen LogP contribution in [0.25, 0.3) is 0 Å². The maximum atomic E-state index is 12.8. The highest BCUT2D eigenvalue weighted by molar-refractivity contribution is 6.17. The summed E-state index contributed by atoms with van der Waals surface area (Å²) in [7, 11) is 1.55. The zero-order valence-corrected chi connectivity index (χ0v) is 13.8. The molecule has 2 aromatic rings. The Hall–Kier alpha value is -3.15. The molecule has 2 amide bonds. The molecule has 6 heteroatoms. The van der Waals surface area contributed by atoms with Crippen molar-refractivity contribution in [1.29, 1.82) is 0 Å². The Bertz CT molecular complexity index is 843. The van der Waals surface area contributed by atoms with E-state index in [9.17, 15) is 19.5 Å². The zero-order chi connectivity index (χ0) is 18.1. The number of aliphatic carboxylic acids is 1. The molecule has 25 heavy (non-hydrogen) atoms. The number of carbonyl (C=O) groups excluding carboxylic acids is 2. The molecule has 2 unspecified atom stereocenters. The molecule has 1 aliphatic heterocycles. The Kier molecular flexibility index (Phi) is 4.27. The third-order valence-corrected chi connectivity index (χ3v) is 4.44. The topological polar surface area (TPSA) is 83.9 Å². The molecule has 2 atom stereocenters. The number of fused-ring (bicyclic) bond motifs is 1. The van der Waals surface area contributed by atoms with Crippen molar-refractivity contribution < 1.29 is 24.2 Å². The lowest BCUT2D eigenvalue weighted by atomic mass is 9.87. The number of ether oxygens (including phenoxy) is 1. The van der Waals surface area contributed by atoms with Gasteiger partial charge in [0.15, 0.2) is 5.92 Å². The molecular weight excluding hydrogens is 322 g/mol. The molecule has 0 radical (unpaired) electrons. The average molecular weight is 339 g/mol. The number of carbonyl (C=O) groups is 3. The predicted octanol–water partition coefficient (Wildman–Crippen LogP) is 2.61. The molecule has 3 rings (SSSR count). The first-order chi connectivity index (χ1) is 12.0. The van der Waals surface area contributed by atoms with E-state index in [0.717, 1.165) is 4.90 Å². The molecule has 0 aromatic heterocycles. The number of imide groups is 1. The SMILES string of the molecule is COc1ccc(C(C)N2C(=O)c3ccccc3C(C(=O)O)C2=O)cc1. The van der Waals surface area contributed by atoms with Gasteiger partial charge in [-0.3, -0.25) is 19.3 Å². The van der Waals surface area contributed by atoms with E-state index in [-0.39, 0.29) is 11.1 Å². The fraction of sp³-hybridized carbons (Fsp3) is 0.211. The summed E-state index contributed by atoms with van der Waals surface area (Å²) in [5.41, 5.74) is 1.20. The van der Waals surface area contributed by atoms with Crippen LogP contribution in [0, 0.1) is 0 Å². The number of amides is 2. The average Bonchev–Trinajstić information content (AvgIpc) is 2.61. The van der Waals surface area contributed by atoms with Gasteiger partial charge in [0, 0.05) is 5.56 Å². The van der Waals surface area contributed by atoms with Crippen molar-refractivity contribution >= 4 is 17.8 Å². The minimum Gasteiger partial charge on any atom is -0.497 e. The molecule has 1 aliphatic rings. The van der Waals surface area contributed by atoms with Crippen LogP contribution in [0.4, 0.5) is 0 Å². The molecular formula is C19H17NO5. The fourth-order valence-electron chi connectivity index (χ4n) is 3.08. The van der Waals surface area contributed by atoms with E-state index < -0.39 is 29.7 Å². The van der Waals surface area contributed by atoms with Crippen LogP contribution in [-0.4, -0.2) is 34.9 Å². The molecule has 0 spiro atoms. The summed E-state index contributed by atoms with van der Waals surface area (Å²) in [6, 6.07) is 12.7. The smallest absolute Gasteiger partial charge is 0.320 e. The van der Waals surface area contributed by atoms with Crippen LogP contribution in [0.2, 0.25) is 0 Å². The van der Waals surface area contributed by atoms with Crippen molar-refractivity contribution in [2.45, 2.75) is 18.9 Å². The standard InChI is InChI=1S/C19H17NO5/c1-11(12-7-9-13(25-2)10-8-12)20-17(21)15-6-4-3-5-14(15)16(18(20)22)19(23)24/h3-11,16H,1-2H3,(H,23,24). The van der Waals surface area contributed by atoms with Gasteiger partial charge in [-0.15, -0.1) is 0 Å². The molecule has 0 saturated heterocycles. The first-order valence-corrected chi connectivity index (χ1v) is 7.78. The molecule has 1 heterocycles. The minimum absolute atomic E-state index is 0.239. The third-order valence-electron chi connectivity index (χ3n) is 4.44. The number of hydrogen-bond acceptors (Lipinski definition) is 4. The second-order valence-electron chi connectivity index (χ2n) is 5.82. The number of rotatable bonds is 4. The minimum atomic E-state index is -1.38. The Morgan fingerprint density at radius 1 is 1.12 bits per heavy atom. The van der Waals surface area contributed by atoms with Gasteiger partial charge in [-0.1, -0.05) is 30.3 Å². The summed E-state index contributed by atoms with van der Waals surface area (Å²) in [6.07, 6.45) is 0. The number of carboxylic acid groups (broad SMARTS) is 1. The molecule has 1 N–H and O–H groups in total. The maximum absolute atomic E-state index is 12.8. The summed E-state index contributed by atoms with van der Waals surface area (Å²) in [6.45, 7) is 1.70. The monoisotopic (exact) mass is 339 g/mol. The third kappa shape index (κ3) is 2.76. The van der Waals surface area contributed by atoms with Crippen molar-refractivity contribution in [3.05, 3.63) is 65.2 Å². The summed E-state index contributed by atoms with van der Waals surface area (Å²) >= 11 is 0. The number of nitrogens with zero attached hydrogens (tertiary/aromatic N) is 1. The van der Waals surface area contributed by atoms with Crippen LogP contribution in [0.15, 0.2) is 48.5 Å². The zero-order valence-electron chi connectivity index (χ0n) is 13.8. The van der Waals surface area contributed by atoms with Gasteiger partial charge < -0.3 is 9.84 Å². The van der Waals surface area contributed by atoms with Crippen LogP contribution < -0.4 is 4.74 Å². The molecule has 0 fully saturated rings. The molecule has 6 nitrogen and oxygen atoms in total. The number of carboxylic acids is 1. The largest absolute Gasteiger partial charge is 0.497 e. The van der Waals surface area contributed by atoms with Gasteiger partial charge in [-0.2, -0.15) is 0 Å². The summed E-state index contributed by atoms with van der Waals surface area (Å²) in [5.74, 6) is -3.20. The van der Waals surface area contributed by atoms with E-state index in [2.05, 4.69) is 0 Å². The quantitative estimate of drug-likeness (QED) is 0.684. The molecule has 0 saturated carbocycles. The van der Waals surface area contributed by atoms with Crippen LogP contribution in [0.3, 0.4) is 0 Å². The lowest BCUT2D eigenvalue weighted by molar-refractivity contribution is -0.146. The highest BCUT2D eigenvalue weighted by Crippen LogP contribution is 2.35. The molecule has 0 bridgehead atoms. The van der Waals surface area contributed by atoms with Gasteiger partial charge in [0.2, 0.25) is 5.91 Å². The van der Waals surface area contributed by atoms with Gasteiger partial charge in [0.05, 0.1) is 13.2 Å². The Labute approximate surface area is 144 Å². The summed E-state index contributed by atoms with van der Waals surface area (Å²) < 4.78 is 5.11. The van der Waals surface area contributed by atoms with Crippen LogP contribution in [-0.2, 0) is 9.59 Å². The van der Waals surface area contributed by atoms with Gasteiger partial charge in [-0.05, 0) is 36.2 Å². The normalized spacial score (nSPS) is 17.8. The van der Waals surface area contributed by atoms with E-state index in [1.54, 1.807) is 56.5 Å². The predicted molar refractivity (Wildman–Crippen MR) is 89.4 cm³/mol. The van der Waals surface area contributed by atoms with Crippen molar-refractivity contribution in [2.24, 2.45) is 0 Å². The molecule has 0 aliphatic carbocycles.